The lowest BCUT2D eigenvalue weighted by atomic mass is 10.1. The number of rotatable bonds is 4. The van der Waals surface area contributed by atoms with E-state index in [0.717, 1.165) is 19.6 Å². The van der Waals surface area contributed by atoms with Crippen molar-refractivity contribution in [3.63, 3.8) is 0 Å². The SMILES string of the molecule is O=C(Cc1ccccc1F)N1CCN(Cc2ccccc2)CC1. The molecule has 2 aromatic rings. The molecule has 0 atom stereocenters. The average molecular weight is 312 g/mol. The molecule has 0 aromatic heterocycles. The third kappa shape index (κ3) is 4.17. The van der Waals surface area contributed by atoms with Gasteiger partial charge < -0.3 is 4.90 Å². The predicted molar refractivity (Wildman–Crippen MR) is 88.4 cm³/mol. The zero-order valence-corrected chi connectivity index (χ0v) is 13.1. The van der Waals surface area contributed by atoms with Crippen LogP contribution >= 0.6 is 0 Å². The van der Waals surface area contributed by atoms with Crippen molar-refractivity contribution in [1.29, 1.82) is 0 Å². The Labute approximate surface area is 136 Å². The van der Waals surface area contributed by atoms with Crippen molar-refractivity contribution in [2.24, 2.45) is 0 Å². The van der Waals surface area contributed by atoms with Gasteiger partial charge in [-0.25, -0.2) is 4.39 Å². The van der Waals surface area contributed by atoms with Crippen LogP contribution in [0, 0.1) is 5.82 Å². The van der Waals surface area contributed by atoms with Gasteiger partial charge in [-0.1, -0.05) is 48.5 Å². The summed E-state index contributed by atoms with van der Waals surface area (Å²) in [6.07, 6.45) is 0.144. The first kappa shape index (κ1) is 15.7. The third-order valence-corrected chi connectivity index (χ3v) is 4.27. The Bertz CT molecular complexity index is 651. The van der Waals surface area contributed by atoms with Crippen LogP contribution < -0.4 is 0 Å². The molecule has 0 radical (unpaired) electrons. The van der Waals surface area contributed by atoms with Crippen LogP contribution in [0.1, 0.15) is 11.1 Å². The number of benzene rings is 2. The maximum absolute atomic E-state index is 13.6. The van der Waals surface area contributed by atoms with E-state index in [0.29, 0.717) is 18.7 Å². The Balaban J connectivity index is 1.50. The number of carbonyl (C=O) groups excluding carboxylic acids is 1. The van der Waals surface area contributed by atoms with E-state index in [4.69, 9.17) is 0 Å². The van der Waals surface area contributed by atoms with Gasteiger partial charge in [0.15, 0.2) is 0 Å². The molecule has 0 saturated carbocycles. The first-order valence-corrected chi connectivity index (χ1v) is 8.00. The largest absolute Gasteiger partial charge is 0.340 e. The minimum Gasteiger partial charge on any atom is -0.340 e. The van der Waals surface area contributed by atoms with Gasteiger partial charge in [-0.2, -0.15) is 0 Å². The summed E-state index contributed by atoms with van der Waals surface area (Å²) in [6.45, 7) is 4.05. The molecular formula is C19H21FN2O. The van der Waals surface area contributed by atoms with Gasteiger partial charge in [0, 0.05) is 32.7 Å². The van der Waals surface area contributed by atoms with E-state index in [1.807, 2.05) is 23.1 Å². The standard InChI is InChI=1S/C19H21FN2O/c20-18-9-5-4-8-17(18)14-19(23)22-12-10-21(11-13-22)15-16-6-2-1-3-7-16/h1-9H,10-15H2. The number of carbonyl (C=O) groups is 1. The molecule has 3 rings (SSSR count). The molecule has 1 amide bonds. The maximum atomic E-state index is 13.6. The van der Waals surface area contributed by atoms with Gasteiger partial charge >= 0.3 is 0 Å². The van der Waals surface area contributed by atoms with Gasteiger partial charge in [0.05, 0.1) is 6.42 Å². The zero-order chi connectivity index (χ0) is 16.1. The Morgan fingerprint density at radius 2 is 1.57 bits per heavy atom. The van der Waals surface area contributed by atoms with E-state index in [2.05, 4.69) is 17.0 Å². The molecule has 1 heterocycles. The quantitative estimate of drug-likeness (QED) is 0.866. The van der Waals surface area contributed by atoms with Crippen LogP contribution in [0.5, 0.6) is 0 Å². The van der Waals surface area contributed by atoms with Gasteiger partial charge in [0.2, 0.25) is 5.91 Å². The fourth-order valence-electron chi connectivity index (χ4n) is 2.91. The van der Waals surface area contributed by atoms with Crippen molar-refractivity contribution < 1.29 is 9.18 Å². The molecule has 1 aliphatic heterocycles. The van der Waals surface area contributed by atoms with Crippen LogP contribution in [-0.2, 0) is 17.8 Å². The normalized spacial score (nSPS) is 15.6. The lowest BCUT2D eigenvalue weighted by Gasteiger charge is -2.34. The average Bonchev–Trinajstić information content (AvgIpc) is 2.58. The van der Waals surface area contributed by atoms with E-state index in [-0.39, 0.29) is 18.1 Å². The highest BCUT2D eigenvalue weighted by molar-refractivity contribution is 5.79. The van der Waals surface area contributed by atoms with Gasteiger partial charge in [-0.05, 0) is 17.2 Å². The summed E-state index contributed by atoms with van der Waals surface area (Å²) in [6, 6.07) is 16.8. The second-order valence-corrected chi connectivity index (χ2v) is 5.91. The number of hydrogen-bond donors (Lipinski definition) is 0. The number of piperazine rings is 1. The fourth-order valence-corrected chi connectivity index (χ4v) is 2.91. The monoisotopic (exact) mass is 312 g/mol. The number of nitrogens with zero attached hydrogens (tertiary/aromatic N) is 2. The Morgan fingerprint density at radius 3 is 2.26 bits per heavy atom. The molecule has 0 unspecified atom stereocenters. The zero-order valence-electron chi connectivity index (χ0n) is 13.1. The van der Waals surface area contributed by atoms with Crippen molar-refractivity contribution >= 4 is 5.91 Å². The van der Waals surface area contributed by atoms with Crippen molar-refractivity contribution in [3.8, 4) is 0 Å². The molecule has 0 bridgehead atoms. The van der Waals surface area contributed by atoms with Gasteiger partial charge in [-0.3, -0.25) is 9.69 Å². The highest BCUT2D eigenvalue weighted by Gasteiger charge is 2.21. The molecule has 0 N–H and O–H groups in total. The minimum absolute atomic E-state index is 0.00876. The first-order chi connectivity index (χ1) is 11.2. The van der Waals surface area contributed by atoms with Gasteiger partial charge in [-0.15, -0.1) is 0 Å². The van der Waals surface area contributed by atoms with Gasteiger partial charge in [0.25, 0.3) is 0 Å². The number of amides is 1. The van der Waals surface area contributed by atoms with Crippen LogP contribution in [-0.4, -0.2) is 41.9 Å². The Hall–Kier alpha value is -2.20. The predicted octanol–water partition coefficient (Wildman–Crippen LogP) is 2.71. The second-order valence-electron chi connectivity index (χ2n) is 5.91. The number of hydrogen-bond acceptors (Lipinski definition) is 2. The highest BCUT2D eigenvalue weighted by atomic mass is 19.1. The summed E-state index contributed by atoms with van der Waals surface area (Å²) in [5.74, 6) is -0.293. The molecule has 1 fully saturated rings. The molecule has 0 aliphatic carbocycles. The molecular weight excluding hydrogens is 291 g/mol. The first-order valence-electron chi connectivity index (χ1n) is 8.00. The van der Waals surface area contributed by atoms with Crippen molar-refractivity contribution in [3.05, 3.63) is 71.5 Å². The van der Waals surface area contributed by atoms with E-state index in [9.17, 15) is 9.18 Å². The van der Waals surface area contributed by atoms with Crippen molar-refractivity contribution in [2.75, 3.05) is 26.2 Å². The molecule has 23 heavy (non-hydrogen) atoms. The minimum atomic E-state index is -0.302. The lowest BCUT2D eigenvalue weighted by Crippen LogP contribution is -2.48. The highest BCUT2D eigenvalue weighted by Crippen LogP contribution is 2.12. The van der Waals surface area contributed by atoms with Crippen molar-refractivity contribution in [2.45, 2.75) is 13.0 Å². The van der Waals surface area contributed by atoms with Crippen LogP contribution in [0.3, 0.4) is 0 Å². The molecule has 120 valence electrons. The summed E-state index contributed by atoms with van der Waals surface area (Å²) in [4.78, 5) is 16.5. The van der Waals surface area contributed by atoms with E-state index >= 15 is 0 Å². The summed E-state index contributed by atoms with van der Waals surface area (Å²) < 4.78 is 13.6. The molecule has 2 aromatic carbocycles. The van der Waals surface area contributed by atoms with Crippen LogP contribution in [0.15, 0.2) is 54.6 Å². The van der Waals surface area contributed by atoms with Crippen molar-refractivity contribution in [1.82, 2.24) is 9.80 Å². The van der Waals surface area contributed by atoms with Crippen LogP contribution in [0.2, 0.25) is 0 Å². The molecule has 4 heteroatoms. The molecule has 0 spiro atoms. The Morgan fingerprint density at radius 1 is 0.913 bits per heavy atom. The van der Waals surface area contributed by atoms with E-state index < -0.39 is 0 Å². The summed E-state index contributed by atoms with van der Waals surface area (Å²) in [7, 11) is 0. The number of halogens is 1. The summed E-state index contributed by atoms with van der Waals surface area (Å²) in [5.41, 5.74) is 1.77. The van der Waals surface area contributed by atoms with E-state index in [1.54, 1.807) is 18.2 Å². The fraction of sp³-hybridized carbons (Fsp3) is 0.316. The molecule has 3 nitrogen and oxygen atoms in total. The van der Waals surface area contributed by atoms with Crippen LogP contribution in [0.25, 0.3) is 0 Å². The van der Waals surface area contributed by atoms with E-state index in [1.165, 1.54) is 11.6 Å². The Kier molecular flexibility index (Phi) is 5.03. The summed E-state index contributed by atoms with van der Waals surface area (Å²) in [5, 5.41) is 0. The smallest absolute Gasteiger partial charge is 0.227 e. The maximum Gasteiger partial charge on any atom is 0.227 e. The topological polar surface area (TPSA) is 23.6 Å². The molecule has 1 aliphatic rings. The van der Waals surface area contributed by atoms with Gasteiger partial charge in [0.1, 0.15) is 5.82 Å². The second kappa shape index (κ2) is 7.38. The third-order valence-electron chi connectivity index (χ3n) is 4.27. The van der Waals surface area contributed by atoms with Crippen LogP contribution in [0.4, 0.5) is 4.39 Å². The lowest BCUT2D eigenvalue weighted by molar-refractivity contribution is -0.132. The summed E-state index contributed by atoms with van der Waals surface area (Å²) >= 11 is 0. The molecule has 1 saturated heterocycles.